The lowest BCUT2D eigenvalue weighted by Gasteiger charge is -2.13. The lowest BCUT2D eigenvalue weighted by molar-refractivity contribution is 0.397. The van der Waals surface area contributed by atoms with E-state index in [9.17, 15) is 19.0 Å². The summed E-state index contributed by atoms with van der Waals surface area (Å²) in [7, 11) is 3.07. The van der Waals surface area contributed by atoms with Gasteiger partial charge in [-0.1, -0.05) is 35.3 Å². The summed E-state index contributed by atoms with van der Waals surface area (Å²) in [5, 5.41) is 19.8. The van der Waals surface area contributed by atoms with E-state index in [2.05, 4.69) is 0 Å². The fraction of sp³-hybridized carbons (Fsp3) is 0.0769. The van der Waals surface area contributed by atoms with Crippen LogP contribution >= 0.6 is 23.2 Å². The molecule has 34 heavy (non-hydrogen) atoms. The standard InChI is InChI=1S/C14H12ClFO2.C12H8ClFO2/c1-17-12-4-3-5-13(18-2)14(12)10-7-6-9(15)8-11(10)16;13-7-4-5-8(9(14)6-7)12-10(15)2-1-3-11(12)16/h3-8H,1-2H3;1-6,15-16H. The summed E-state index contributed by atoms with van der Waals surface area (Å²) >= 11 is 11.4. The summed E-state index contributed by atoms with van der Waals surface area (Å²) in [6, 6.07) is 18.1. The number of benzene rings is 4. The van der Waals surface area contributed by atoms with Gasteiger partial charge in [-0.25, -0.2) is 8.78 Å². The highest BCUT2D eigenvalue weighted by Crippen LogP contribution is 2.40. The maximum Gasteiger partial charge on any atom is 0.132 e. The Kier molecular flexibility index (Phi) is 8.21. The van der Waals surface area contributed by atoms with Crippen LogP contribution in [0.15, 0.2) is 72.8 Å². The molecular formula is C26H20Cl2F2O4. The SMILES string of the molecule is COc1cccc(OC)c1-c1ccc(Cl)cc1F.Oc1cccc(O)c1-c1ccc(Cl)cc1F. The van der Waals surface area contributed by atoms with E-state index in [-0.39, 0.29) is 27.6 Å². The Labute approximate surface area is 205 Å². The van der Waals surface area contributed by atoms with E-state index < -0.39 is 11.6 Å². The zero-order valence-corrected chi connectivity index (χ0v) is 19.7. The molecule has 0 saturated carbocycles. The van der Waals surface area contributed by atoms with Crippen molar-refractivity contribution in [3.63, 3.8) is 0 Å². The second-order valence-electron chi connectivity index (χ2n) is 6.96. The van der Waals surface area contributed by atoms with Crippen molar-refractivity contribution < 1.29 is 28.5 Å². The highest BCUT2D eigenvalue weighted by atomic mass is 35.5. The van der Waals surface area contributed by atoms with Gasteiger partial charge in [-0.05, 0) is 60.7 Å². The molecule has 8 heteroatoms. The lowest BCUT2D eigenvalue weighted by Crippen LogP contribution is -1.94. The van der Waals surface area contributed by atoms with E-state index in [1.54, 1.807) is 30.3 Å². The van der Waals surface area contributed by atoms with Gasteiger partial charge in [0, 0.05) is 21.2 Å². The van der Waals surface area contributed by atoms with Crippen LogP contribution in [0.5, 0.6) is 23.0 Å². The summed E-state index contributed by atoms with van der Waals surface area (Å²) < 4.78 is 38.1. The number of rotatable bonds is 4. The quantitative estimate of drug-likeness (QED) is 0.298. The summed E-state index contributed by atoms with van der Waals surface area (Å²) in [6.45, 7) is 0. The van der Waals surface area contributed by atoms with Crippen molar-refractivity contribution in [2.24, 2.45) is 0 Å². The average Bonchev–Trinajstić information content (AvgIpc) is 2.80. The van der Waals surface area contributed by atoms with Crippen LogP contribution in [0.2, 0.25) is 10.0 Å². The molecule has 0 aromatic heterocycles. The summed E-state index contributed by atoms with van der Waals surface area (Å²) in [5.41, 5.74) is 1.15. The normalized spacial score (nSPS) is 10.3. The average molecular weight is 505 g/mol. The first kappa shape index (κ1) is 25.1. The van der Waals surface area contributed by atoms with E-state index in [0.717, 1.165) is 6.07 Å². The first-order valence-electron chi connectivity index (χ1n) is 9.89. The smallest absolute Gasteiger partial charge is 0.132 e. The highest BCUT2D eigenvalue weighted by molar-refractivity contribution is 6.31. The van der Waals surface area contributed by atoms with Crippen molar-refractivity contribution in [1.82, 2.24) is 0 Å². The molecule has 0 spiro atoms. The van der Waals surface area contributed by atoms with E-state index in [1.165, 1.54) is 50.6 Å². The molecule has 0 aliphatic heterocycles. The van der Waals surface area contributed by atoms with Crippen LogP contribution in [0, 0.1) is 11.6 Å². The zero-order valence-electron chi connectivity index (χ0n) is 18.2. The molecule has 0 heterocycles. The fourth-order valence-corrected chi connectivity index (χ4v) is 3.62. The van der Waals surface area contributed by atoms with Gasteiger partial charge in [-0.3, -0.25) is 0 Å². The second kappa shape index (κ2) is 11.1. The van der Waals surface area contributed by atoms with Crippen LogP contribution in [0.4, 0.5) is 8.78 Å². The second-order valence-corrected chi connectivity index (χ2v) is 7.83. The van der Waals surface area contributed by atoms with Crippen LogP contribution in [-0.2, 0) is 0 Å². The van der Waals surface area contributed by atoms with Crippen molar-refractivity contribution in [2.45, 2.75) is 0 Å². The fourth-order valence-electron chi connectivity index (χ4n) is 3.31. The molecule has 4 nitrogen and oxygen atoms in total. The molecule has 4 aromatic carbocycles. The Morgan fingerprint density at radius 3 is 1.44 bits per heavy atom. The molecule has 0 radical (unpaired) electrons. The Hall–Kier alpha value is -3.48. The number of halogens is 4. The summed E-state index contributed by atoms with van der Waals surface area (Å²) in [6.07, 6.45) is 0. The minimum atomic E-state index is -0.593. The number of phenolic OH excluding ortho intramolecular Hbond substituents is 2. The van der Waals surface area contributed by atoms with Crippen LogP contribution in [-0.4, -0.2) is 24.4 Å². The molecule has 0 unspecified atom stereocenters. The van der Waals surface area contributed by atoms with Gasteiger partial charge in [-0.2, -0.15) is 0 Å². The van der Waals surface area contributed by atoms with Crippen molar-refractivity contribution in [3.05, 3.63) is 94.5 Å². The van der Waals surface area contributed by atoms with Crippen LogP contribution in [0.25, 0.3) is 22.3 Å². The molecule has 0 saturated heterocycles. The largest absolute Gasteiger partial charge is 0.507 e. The first-order chi connectivity index (χ1) is 16.3. The number of hydrogen-bond donors (Lipinski definition) is 2. The third-order valence-electron chi connectivity index (χ3n) is 4.85. The van der Waals surface area contributed by atoms with Gasteiger partial charge in [0.25, 0.3) is 0 Å². The number of aromatic hydroxyl groups is 2. The molecule has 0 bridgehead atoms. The van der Waals surface area contributed by atoms with Crippen molar-refractivity contribution >= 4 is 23.2 Å². The van der Waals surface area contributed by atoms with E-state index in [4.69, 9.17) is 32.7 Å². The number of ether oxygens (including phenoxy) is 2. The Bertz CT molecular complexity index is 1270. The molecule has 2 N–H and O–H groups in total. The Morgan fingerprint density at radius 1 is 0.618 bits per heavy atom. The summed E-state index contributed by atoms with van der Waals surface area (Å²) in [5.74, 6) is -0.261. The van der Waals surface area contributed by atoms with Gasteiger partial charge in [0.2, 0.25) is 0 Å². The lowest BCUT2D eigenvalue weighted by atomic mass is 10.0. The monoisotopic (exact) mass is 504 g/mol. The number of methoxy groups -OCH3 is 2. The zero-order chi connectivity index (χ0) is 24.8. The van der Waals surface area contributed by atoms with E-state index in [0.29, 0.717) is 27.6 Å². The first-order valence-corrected chi connectivity index (χ1v) is 10.6. The third kappa shape index (κ3) is 5.53. The van der Waals surface area contributed by atoms with Gasteiger partial charge < -0.3 is 19.7 Å². The molecule has 0 atom stereocenters. The molecule has 0 fully saturated rings. The van der Waals surface area contributed by atoms with Gasteiger partial charge in [0.1, 0.15) is 34.6 Å². The predicted molar refractivity (Wildman–Crippen MR) is 130 cm³/mol. The molecular weight excluding hydrogens is 485 g/mol. The molecule has 0 aliphatic carbocycles. The third-order valence-corrected chi connectivity index (χ3v) is 5.32. The van der Waals surface area contributed by atoms with Crippen molar-refractivity contribution in [2.75, 3.05) is 14.2 Å². The minimum Gasteiger partial charge on any atom is -0.507 e. The van der Waals surface area contributed by atoms with Crippen LogP contribution in [0.3, 0.4) is 0 Å². The van der Waals surface area contributed by atoms with Crippen molar-refractivity contribution in [1.29, 1.82) is 0 Å². The van der Waals surface area contributed by atoms with Gasteiger partial charge in [-0.15, -0.1) is 0 Å². The van der Waals surface area contributed by atoms with Gasteiger partial charge in [0.05, 0.1) is 25.3 Å². The molecule has 4 aromatic rings. The van der Waals surface area contributed by atoms with E-state index >= 15 is 0 Å². The predicted octanol–water partition coefficient (Wildman–Crippen LogP) is 7.72. The molecule has 0 aliphatic rings. The molecule has 4 rings (SSSR count). The number of phenols is 2. The topological polar surface area (TPSA) is 58.9 Å². The summed E-state index contributed by atoms with van der Waals surface area (Å²) in [4.78, 5) is 0. The van der Waals surface area contributed by atoms with Crippen LogP contribution in [0.1, 0.15) is 0 Å². The molecule has 176 valence electrons. The Morgan fingerprint density at radius 2 is 1.03 bits per heavy atom. The van der Waals surface area contributed by atoms with E-state index in [1.807, 2.05) is 0 Å². The minimum absolute atomic E-state index is 0.0664. The molecule has 0 amide bonds. The highest BCUT2D eigenvalue weighted by Gasteiger charge is 2.16. The Balaban J connectivity index is 0.000000192. The number of hydrogen-bond acceptors (Lipinski definition) is 4. The van der Waals surface area contributed by atoms with Gasteiger partial charge >= 0.3 is 0 Å². The van der Waals surface area contributed by atoms with Crippen LogP contribution < -0.4 is 9.47 Å². The maximum absolute atomic E-state index is 14.0. The van der Waals surface area contributed by atoms with Gasteiger partial charge in [0.15, 0.2) is 0 Å². The van der Waals surface area contributed by atoms with Crippen molar-refractivity contribution in [3.8, 4) is 45.3 Å². The maximum atomic E-state index is 14.0.